The van der Waals surface area contributed by atoms with Gasteiger partial charge in [0.15, 0.2) is 0 Å². The van der Waals surface area contributed by atoms with Gasteiger partial charge in [-0.3, -0.25) is 4.79 Å². The van der Waals surface area contributed by atoms with Gasteiger partial charge in [0, 0.05) is 31.8 Å². The Morgan fingerprint density at radius 3 is 2.44 bits per heavy atom. The molecule has 0 unspecified atom stereocenters. The minimum atomic E-state index is -1.71. The quantitative estimate of drug-likeness (QED) is 0.205. The molecule has 4 rings (SSSR count). The maximum absolute atomic E-state index is 15.7. The molecule has 9 heteroatoms. The van der Waals surface area contributed by atoms with Crippen LogP contribution in [0.3, 0.4) is 0 Å². The number of halogens is 5. The second kappa shape index (κ2) is 11.5. The highest BCUT2D eigenvalue weighted by Crippen LogP contribution is 2.52. The van der Waals surface area contributed by atoms with Crippen molar-refractivity contribution in [1.29, 1.82) is 5.26 Å². The number of nitriles is 1. The van der Waals surface area contributed by atoms with Gasteiger partial charge in [-0.25, -0.2) is 8.78 Å². The van der Waals surface area contributed by atoms with Crippen LogP contribution in [0.1, 0.15) is 41.5 Å². The van der Waals surface area contributed by atoms with E-state index in [0.717, 1.165) is 20.8 Å². The van der Waals surface area contributed by atoms with Gasteiger partial charge >= 0.3 is 0 Å². The van der Waals surface area contributed by atoms with Crippen LogP contribution in [-0.2, 0) is 10.2 Å². The van der Waals surface area contributed by atoms with Crippen LogP contribution in [0, 0.1) is 40.4 Å². The van der Waals surface area contributed by atoms with E-state index in [1.54, 1.807) is 13.0 Å². The number of nitrogens with one attached hydrogen (secondary N) is 2. The average Bonchev–Trinajstić information content (AvgIpc) is 3.18. The zero-order valence-corrected chi connectivity index (χ0v) is 25.2. The SMILES string of the molecule is C=C(C)C[C@@H]1N[C@@H](C(=O)Nc2cc(C)c(I)c(C)c2)[C@H](c2cccc(Cl)c2F)[C@@]1(C#N)c1ccc(Cl)cc1F. The van der Waals surface area contributed by atoms with Crippen molar-refractivity contribution in [1.82, 2.24) is 5.32 Å². The number of hydrogen-bond acceptors (Lipinski definition) is 3. The molecule has 0 saturated carbocycles. The van der Waals surface area contributed by atoms with E-state index in [2.05, 4.69) is 45.9 Å². The third-order valence-corrected chi connectivity index (χ3v) is 9.40. The molecule has 1 amide bonds. The Morgan fingerprint density at radius 1 is 1.18 bits per heavy atom. The van der Waals surface area contributed by atoms with E-state index in [-0.39, 0.29) is 27.6 Å². The number of nitrogens with zero attached hydrogens (tertiary/aromatic N) is 1. The molecule has 0 aromatic heterocycles. The summed E-state index contributed by atoms with van der Waals surface area (Å²) in [5.41, 5.74) is 1.57. The molecule has 2 N–H and O–H groups in total. The molecule has 3 aromatic rings. The third kappa shape index (κ3) is 5.45. The van der Waals surface area contributed by atoms with Crippen LogP contribution in [0.4, 0.5) is 14.5 Å². The fourth-order valence-corrected chi connectivity index (χ4v) is 6.18. The molecule has 4 atom stereocenters. The van der Waals surface area contributed by atoms with E-state index in [1.807, 2.05) is 26.0 Å². The Hall–Kier alpha value is -2.51. The number of aryl methyl sites for hydroxylation is 2. The smallest absolute Gasteiger partial charge is 0.242 e. The van der Waals surface area contributed by atoms with E-state index < -0.39 is 41.0 Å². The monoisotopic (exact) mass is 679 g/mol. The molecule has 1 heterocycles. The van der Waals surface area contributed by atoms with Gasteiger partial charge in [0.2, 0.25) is 5.91 Å². The maximum atomic E-state index is 15.7. The van der Waals surface area contributed by atoms with Crippen LogP contribution in [0.2, 0.25) is 10.0 Å². The number of amides is 1. The zero-order valence-electron chi connectivity index (χ0n) is 21.5. The first-order chi connectivity index (χ1) is 18.4. The molecule has 0 bridgehead atoms. The Kier molecular flexibility index (Phi) is 8.72. The van der Waals surface area contributed by atoms with Crippen LogP contribution < -0.4 is 10.6 Å². The summed E-state index contributed by atoms with van der Waals surface area (Å²) < 4.78 is 32.4. The largest absolute Gasteiger partial charge is 0.325 e. The summed E-state index contributed by atoms with van der Waals surface area (Å²) in [5.74, 6) is -3.13. The Bertz CT molecular complexity index is 1500. The molecule has 3 aromatic carbocycles. The number of benzene rings is 3. The Balaban J connectivity index is 1.95. The molecule has 0 spiro atoms. The Morgan fingerprint density at radius 2 is 1.85 bits per heavy atom. The van der Waals surface area contributed by atoms with Crippen molar-refractivity contribution in [3.8, 4) is 6.07 Å². The lowest BCUT2D eigenvalue weighted by molar-refractivity contribution is -0.118. The van der Waals surface area contributed by atoms with E-state index in [0.29, 0.717) is 11.3 Å². The number of carbonyl (C=O) groups excluding carboxylic acids is 1. The first-order valence-corrected chi connectivity index (χ1v) is 14.0. The number of hydrogen-bond donors (Lipinski definition) is 2. The molecular formula is C30H26Cl2F2IN3O. The van der Waals surface area contributed by atoms with Gasteiger partial charge in [0.1, 0.15) is 17.0 Å². The summed E-state index contributed by atoms with van der Waals surface area (Å²) >= 11 is 14.5. The van der Waals surface area contributed by atoms with Crippen molar-refractivity contribution in [2.24, 2.45) is 0 Å². The van der Waals surface area contributed by atoms with E-state index in [1.165, 1.54) is 24.3 Å². The number of rotatable bonds is 6. The molecule has 4 nitrogen and oxygen atoms in total. The van der Waals surface area contributed by atoms with Crippen LogP contribution in [0.5, 0.6) is 0 Å². The zero-order chi connectivity index (χ0) is 28.6. The van der Waals surface area contributed by atoms with Crippen molar-refractivity contribution >= 4 is 57.4 Å². The van der Waals surface area contributed by atoms with E-state index in [9.17, 15) is 10.1 Å². The third-order valence-electron chi connectivity index (χ3n) is 7.17. The minimum Gasteiger partial charge on any atom is -0.325 e. The van der Waals surface area contributed by atoms with Gasteiger partial charge in [-0.15, -0.1) is 6.58 Å². The molecule has 1 fully saturated rings. The van der Waals surface area contributed by atoms with Gasteiger partial charge in [0.05, 0.1) is 17.1 Å². The van der Waals surface area contributed by atoms with Crippen molar-refractivity contribution in [3.05, 3.63) is 108 Å². The van der Waals surface area contributed by atoms with Crippen molar-refractivity contribution < 1.29 is 13.6 Å². The predicted molar refractivity (Wildman–Crippen MR) is 160 cm³/mol. The molecule has 202 valence electrons. The van der Waals surface area contributed by atoms with Gasteiger partial charge < -0.3 is 10.6 Å². The molecule has 0 radical (unpaired) electrons. The molecule has 39 heavy (non-hydrogen) atoms. The first kappa shape index (κ1) is 29.5. The predicted octanol–water partition coefficient (Wildman–Crippen LogP) is 7.98. The summed E-state index contributed by atoms with van der Waals surface area (Å²) in [6.45, 7) is 9.64. The fraction of sp³-hybridized carbons (Fsp3) is 0.267. The molecular weight excluding hydrogens is 654 g/mol. The van der Waals surface area contributed by atoms with Crippen molar-refractivity contribution in [2.75, 3.05) is 5.32 Å². The van der Waals surface area contributed by atoms with E-state index >= 15 is 8.78 Å². The summed E-state index contributed by atoms with van der Waals surface area (Å²) in [6, 6.07) is 12.5. The highest BCUT2D eigenvalue weighted by Gasteiger charge is 2.60. The van der Waals surface area contributed by atoms with Crippen LogP contribution in [-0.4, -0.2) is 18.0 Å². The van der Waals surface area contributed by atoms with Gasteiger partial charge in [0.25, 0.3) is 0 Å². The van der Waals surface area contributed by atoms with Crippen molar-refractivity contribution in [2.45, 2.75) is 50.6 Å². The van der Waals surface area contributed by atoms with Gasteiger partial charge in [-0.2, -0.15) is 5.26 Å². The van der Waals surface area contributed by atoms with Crippen molar-refractivity contribution in [3.63, 3.8) is 0 Å². The highest BCUT2D eigenvalue weighted by molar-refractivity contribution is 14.1. The first-order valence-electron chi connectivity index (χ1n) is 12.2. The number of carbonyl (C=O) groups is 1. The highest BCUT2D eigenvalue weighted by atomic mass is 127. The fourth-order valence-electron chi connectivity index (χ4n) is 5.53. The van der Waals surface area contributed by atoms with Crippen LogP contribution in [0.25, 0.3) is 0 Å². The standard InChI is InChI=1S/C30H26Cl2F2IN3O/c1-15(2)10-24-30(14-36,21-9-8-18(31)13-23(21)33)25(20-6-5-7-22(32)26(20)34)28(38-24)29(39)37-19-11-16(3)27(35)17(4)12-19/h5-9,11-13,24-25,28,38H,1,10H2,2-4H3,(H,37,39)/t24-,25-,28+,30-/m0/s1. The lowest BCUT2D eigenvalue weighted by Gasteiger charge is -2.35. The van der Waals surface area contributed by atoms with Crippen LogP contribution in [0.15, 0.2) is 60.7 Å². The minimum absolute atomic E-state index is 0.00813. The van der Waals surface area contributed by atoms with Gasteiger partial charge in [-0.1, -0.05) is 47.0 Å². The summed E-state index contributed by atoms with van der Waals surface area (Å²) in [5, 5.41) is 17.0. The summed E-state index contributed by atoms with van der Waals surface area (Å²) in [7, 11) is 0. The molecule has 1 aliphatic rings. The average molecular weight is 680 g/mol. The second-order valence-electron chi connectivity index (χ2n) is 10.00. The maximum Gasteiger partial charge on any atom is 0.242 e. The second-order valence-corrected chi connectivity index (χ2v) is 11.9. The number of anilines is 1. The normalized spacial score (nSPS) is 22.4. The lowest BCUT2D eigenvalue weighted by Crippen LogP contribution is -2.43. The van der Waals surface area contributed by atoms with E-state index in [4.69, 9.17) is 23.2 Å². The Labute approximate surface area is 250 Å². The molecule has 1 saturated heterocycles. The summed E-state index contributed by atoms with van der Waals surface area (Å²) in [6.07, 6.45) is 0.236. The molecule has 1 aliphatic heterocycles. The topological polar surface area (TPSA) is 64.9 Å². The lowest BCUT2D eigenvalue weighted by atomic mass is 9.64. The van der Waals surface area contributed by atoms with Crippen LogP contribution >= 0.6 is 45.8 Å². The summed E-state index contributed by atoms with van der Waals surface area (Å²) in [4.78, 5) is 13.9. The van der Waals surface area contributed by atoms with Gasteiger partial charge in [-0.05, 0) is 96.8 Å². The molecule has 0 aliphatic carbocycles.